The first-order chi connectivity index (χ1) is 11.4. The minimum Gasteiger partial charge on any atom is -0.691 e. The summed E-state index contributed by atoms with van der Waals surface area (Å²) in [4.78, 5) is 20.9. The molecule has 0 saturated heterocycles. The summed E-state index contributed by atoms with van der Waals surface area (Å²) >= 11 is 0. The van der Waals surface area contributed by atoms with Gasteiger partial charge in [-0.1, -0.05) is 23.0 Å². The van der Waals surface area contributed by atoms with Crippen LogP contribution < -0.4 is 4.85 Å². The largest absolute Gasteiger partial charge is 0.691 e. The molecule has 0 fully saturated rings. The van der Waals surface area contributed by atoms with Crippen LogP contribution in [0.5, 0.6) is 0 Å². The van der Waals surface area contributed by atoms with Crippen LogP contribution in [0.4, 0.5) is 0 Å². The predicted octanol–water partition coefficient (Wildman–Crippen LogP) is -0.582. The zero-order chi connectivity index (χ0) is 17.7. The van der Waals surface area contributed by atoms with Crippen LogP contribution in [0.1, 0.15) is 21.0 Å². The molecule has 12 nitrogen and oxygen atoms in total. The van der Waals surface area contributed by atoms with Crippen LogP contribution in [0.3, 0.4) is 0 Å². The Labute approximate surface area is 132 Å². The standard InChI is InChI=1S/C8H7N3O.C4H3N3O5/c12-11-7-6-10(9-11)8-4-2-1-3-5-8;8-3(9)1-2(4(10)11)7(12)6-5-1/h1-7H;12H,(H,8,9)(H,10,11). The van der Waals surface area contributed by atoms with Crippen LogP contribution in [-0.2, 0) is 0 Å². The van der Waals surface area contributed by atoms with Crippen molar-refractivity contribution < 1.29 is 29.9 Å². The summed E-state index contributed by atoms with van der Waals surface area (Å²) < 4.78 is 1.52. The highest BCUT2D eigenvalue weighted by Crippen LogP contribution is 2.03. The van der Waals surface area contributed by atoms with E-state index >= 15 is 0 Å². The summed E-state index contributed by atoms with van der Waals surface area (Å²) in [5.74, 6) is -3.17. The van der Waals surface area contributed by atoms with E-state index in [9.17, 15) is 14.8 Å². The number of carboxylic acid groups (broad SMARTS) is 2. The average molecular weight is 334 g/mol. The Morgan fingerprint density at radius 3 is 2.25 bits per heavy atom. The van der Waals surface area contributed by atoms with Gasteiger partial charge in [-0.2, -0.15) is 0 Å². The quantitative estimate of drug-likeness (QED) is 0.322. The summed E-state index contributed by atoms with van der Waals surface area (Å²) in [7, 11) is 0. The van der Waals surface area contributed by atoms with Gasteiger partial charge >= 0.3 is 11.9 Å². The van der Waals surface area contributed by atoms with Crippen LogP contribution >= 0.6 is 0 Å². The number of para-hydroxylation sites is 1. The molecule has 0 radical (unpaired) electrons. The molecule has 3 N–H and O–H groups in total. The lowest BCUT2D eigenvalue weighted by atomic mass is 10.3. The SMILES string of the molecule is O=C(O)c1nnn(O)c1C(=O)O.[O-][n+]1ccn(-c2ccccc2)n1. The summed E-state index contributed by atoms with van der Waals surface area (Å²) in [5, 5.41) is 45.4. The second kappa shape index (κ2) is 6.87. The maximum atomic E-state index is 10.6. The smallest absolute Gasteiger partial charge is 0.360 e. The van der Waals surface area contributed by atoms with Gasteiger partial charge in [-0.3, -0.25) is 0 Å². The monoisotopic (exact) mass is 334 g/mol. The number of carboxylic acids is 2. The molecule has 0 bridgehead atoms. The highest BCUT2D eigenvalue weighted by Gasteiger charge is 2.24. The second-order valence-electron chi connectivity index (χ2n) is 4.16. The Kier molecular flexibility index (Phi) is 4.70. The number of hydrogen-bond acceptors (Lipinski definition) is 7. The minimum absolute atomic E-state index is 0.105. The minimum atomic E-state index is -1.61. The fourth-order valence-electron chi connectivity index (χ4n) is 1.60. The van der Waals surface area contributed by atoms with Gasteiger partial charge in [0.1, 0.15) is 0 Å². The first-order valence-electron chi connectivity index (χ1n) is 6.22. The van der Waals surface area contributed by atoms with Crippen LogP contribution in [0.2, 0.25) is 0 Å². The van der Waals surface area contributed by atoms with Crippen LogP contribution in [0, 0.1) is 5.21 Å². The Bertz CT molecular complexity index is 858. The zero-order valence-electron chi connectivity index (χ0n) is 11.8. The maximum absolute atomic E-state index is 10.6. The van der Waals surface area contributed by atoms with Gasteiger partial charge in [-0.05, 0) is 17.3 Å². The van der Waals surface area contributed by atoms with Crippen LogP contribution in [-0.4, -0.2) is 52.4 Å². The van der Waals surface area contributed by atoms with Crippen molar-refractivity contribution in [3.8, 4) is 5.69 Å². The van der Waals surface area contributed by atoms with Crippen molar-refractivity contribution in [1.29, 1.82) is 0 Å². The lowest BCUT2D eigenvalue weighted by Gasteiger charge is -1.91. The molecule has 2 aromatic heterocycles. The molecule has 0 aliphatic heterocycles. The van der Waals surface area contributed by atoms with Crippen molar-refractivity contribution in [1.82, 2.24) is 25.1 Å². The third-order valence-electron chi connectivity index (χ3n) is 2.60. The molecule has 0 amide bonds. The van der Waals surface area contributed by atoms with Gasteiger partial charge in [0.15, 0.2) is 18.1 Å². The topological polar surface area (TPSA) is 170 Å². The highest BCUT2D eigenvalue weighted by molar-refractivity contribution is 5.98. The number of nitrogens with zero attached hydrogens (tertiary/aromatic N) is 6. The lowest BCUT2D eigenvalue weighted by molar-refractivity contribution is -0.670. The average Bonchev–Trinajstić information content (AvgIpc) is 3.15. The first-order valence-corrected chi connectivity index (χ1v) is 6.22. The summed E-state index contributed by atoms with van der Waals surface area (Å²) in [6, 6.07) is 9.47. The van der Waals surface area contributed by atoms with Gasteiger partial charge in [0.05, 0.1) is 5.21 Å². The van der Waals surface area contributed by atoms with E-state index in [4.69, 9.17) is 15.4 Å². The molecule has 24 heavy (non-hydrogen) atoms. The van der Waals surface area contributed by atoms with E-state index in [-0.39, 0.29) is 4.85 Å². The second-order valence-corrected chi connectivity index (χ2v) is 4.16. The molecule has 124 valence electrons. The summed E-state index contributed by atoms with van der Waals surface area (Å²) in [5.41, 5.74) is -0.792. The van der Waals surface area contributed by atoms with Crippen molar-refractivity contribution in [2.24, 2.45) is 0 Å². The molecule has 12 heteroatoms. The Balaban J connectivity index is 0.000000174. The van der Waals surface area contributed by atoms with E-state index in [0.29, 0.717) is 4.85 Å². The zero-order valence-corrected chi connectivity index (χ0v) is 11.8. The van der Waals surface area contributed by atoms with Crippen molar-refractivity contribution in [2.75, 3.05) is 0 Å². The van der Waals surface area contributed by atoms with E-state index < -0.39 is 23.3 Å². The molecule has 0 spiro atoms. The van der Waals surface area contributed by atoms with E-state index in [1.54, 1.807) is 6.20 Å². The van der Waals surface area contributed by atoms with Crippen molar-refractivity contribution in [2.45, 2.75) is 0 Å². The van der Waals surface area contributed by atoms with Crippen LogP contribution in [0.15, 0.2) is 42.7 Å². The van der Waals surface area contributed by atoms with E-state index in [1.807, 2.05) is 30.3 Å². The number of hydrogen-bond donors (Lipinski definition) is 3. The van der Waals surface area contributed by atoms with Gasteiger partial charge in [-0.15, -0.1) is 14.6 Å². The van der Waals surface area contributed by atoms with E-state index in [1.165, 1.54) is 10.9 Å². The van der Waals surface area contributed by atoms with Crippen molar-refractivity contribution in [3.63, 3.8) is 0 Å². The fourth-order valence-corrected chi connectivity index (χ4v) is 1.60. The van der Waals surface area contributed by atoms with Gasteiger partial charge in [0, 0.05) is 0 Å². The predicted molar refractivity (Wildman–Crippen MR) is 73.6 cm³/mol. The molecule has 0 aliphatic rings. The third-order valence-corrected chi connectivity index (χ3v) is 2.60. The molecule has 0 unspecified atom stereocenters. The summed E-state index contributed by atoms with van der Waals surface area (Å²) in [6.07, 6.45) is 2.97. The van der Waals surface area contributed by atoms with Crippen LogP contribution in [0.25, 0.3) is 5.69 Å². The number of aromatic carboxylic acids is 2. The maximum Gasteiger partial charge on any atom is 0.360 e. The Hall–Kier alpha value is -3.96. The Morgan fingerprint density at radius 2 is 1.79 bits per heavy atom. The van der Waals surface area contributed by atoms with Gasteiger partial charge in [0.25, 0.3) is 0 Å². The number of aromatic nitrogens is 6. The summed E-state index contributed by atoms with van der Waals surface area (Å²) in [6.45, 7) is 0. The number of carbonyl (C=O) groups is 2. The fraction of sp³-hybridized carbons (Fsp3) is 0. The Morgan fingerprint density at radius 1 is 1.12 bits per heavy atom. The van der Waals surface area contributed by atoms with Gasteiger partial charge < -0.3 is 20.6 Å². The molecule has 1 aromatic carbocycles. The van der Waals surface area contributed by atoms with Gasteiger partial charge in [0.2, 0.25) is 11.4 Å². The number of benzene rings is 1. The molecule has 2 heterocycles. The molecule has 0 saturated carbocycles. The normalized spacial score (nSPS) is 9.83. The molecule has 3 aromatic rings. The van der Waals surface area contributed by atoms with E-state index in [0.717, 1.165) is 5.69 Å². The highest BCUT2D eigenvalue weighted by atomic mass is 16.5. The number of rotatable bonds is 3. The first kappa shape index (κ1) is 16.4. The molecule has 3 rings (SSSR count). The molecular weight excluding hydrogens is 324 g/mol. The van der Waals surface area contributed by atoms with Crippen molar-refractivity contribution in [3.05, 3.63) is 59.3 Å². The van der Waals surface area contributed by atoms with E-state index in [2.05, 4.69) is 15.5 Å². The molecule has 0 atom stereocenters. The van der Waals surface area contributed by atoms with Gasteiger partial charge in [-0.25, -0.2) is 9.59 Å². The molecule has 0 aliphatic carbocycles. The lowest BCUT2D eigenvalue weighted by Crippen LogP contribution is -2.27. The molecular formula is C12H10N6O6. The van der Waals surface area contributed by atoms with Crippen molar-refractivity contribution >= 4 is 11.9 Å². The third kappa shape index (κ3) is 3.62.